The molecule has 3 heterocycles. The smallest absolute Gasteiger partial charge is 0.240 e. The van der Waals surface area contributed by atoms with Crippen molar-refractivity contribution in [1.29, 1.82) is 0 Å². The van der Waals surface area contributed by atoms with Gasteiger partial charge in [0.1, 0.15) is 17.0 Å². The number of aromatic nitrogens is 6. The summed E-state index contributed by atoms with van der Waals surface area (Å²) in [6.07, 6.45) is 8.54. The first kappa shape index (κ1) is 26.4. The maximum Gasteiger partial charge on any atom is 0.240 e. The van der Waals surface area contributed by atoms with Crippen LogP contribution in [0.1, 0.15) is 57.4 Å². The Labute approximate surface area is 232 Å². The van der Waals surface area contributed by atoms with Crippen LogP contribution in [-0.4, -0.2) is 57.6 Å². The van der Waals surface area contributed by atoms with Crippen LogP contribution >= 0.6 is 11.6 Å². The molecule has 1 N–H and O–H groups in total. The Morgan fingerprint density at radius 3 is 2.28 bits per heavy atom. The van der Waals surface area contributed by atoms with Crippen molar-refractivity contribution in [1.82, 2.24) is 29.7 Å². The molecular weight excluding hydrogens is 542 g/mol. The summed E-state index contributed by atoms with van der Waals surface area (Å²) in [5, 5.41) is 8.20. The van der Waals surface area contributed by atoms with Gasteiger partial charge in [-0.15, -0.1) is 10.2 Å². The molecule has 0 spiro atoms. The van der Waals surface area contributed by atoms with Crippen molar-refractivity contribution in [3.63, 3.8) is 0 Å². The Kier molecular flexibility index (Phi) is 6.75. The van der Waals surface area contributed by atoms with Crippen molar-refractivity contribution in [3.8, 4) is 17.4 Å². The zero-order valence-corrected chi connectivity index (χ0v) is 23.7. The number of methoxy groups -OCH3 is 2. The predicted molar refractivity (Wildman–Crippen MR) is 145 cm³/mol. The highest BCUT2D eigenvalue weighted by Gasteiger charge is 2.54. The number of ether oxygens (including phenoxy) is 2. The summed E-state index contributed by atoms with van der Waals surface area (Å²) in [7, 11) is -1.02. The fourth-order valence-corrected chi connectivity index (χ4v) is 8.54. The summed E-state index contributed by atoms with van der Waals surface area (Å²) in [5.74, 6) is 3.26. The second-order valence-electron chi connectivity index (χ2n) is 11.2. The fraction of sp³-hybridized carbons (Fsp3) is 0.577. The van der Waals surface area contributed by atoms with Gasteiger partial charge in [-0.05, 0) is 69.3 Å². The first-order valence-corrected chi connectivity index (χ1v) is 15.1. The summed E-state index contributed by atoms with van der Waals surface area (Å²) in [4.78, 5) is 13.0. The van der Waals surface area contributed by atoms with Gasteiger partial charge in [-0.25, -0.2) is 23.4 Å². The Hall–Kier alpha value is -2.83. The van der Waals surface area contributed by atoms with Gasteiger partial charge in [-0.1, -0.05) is 17.7 Å². The van der Waals surface area contributed by atoms with E-state index in [1.165, 1.54) is 38.8 Å². The number of nitrogens with zero attached hydrogens (tertiary/aromatic N) is 6. The molecule has 208 valence electrons. The molecule has 0 radical (unpaired) electrons. The van der Waals surface area contributed by atoms with Crippen molar-refractivity contribution in [2.45, 2.75) is 62.3 Å². The van der Waals surface area contributed by atoms with Crippen LogP contribution in [0.5, 0.6) is 5.88 Å². The standard InChI is InChI=1S/C26H32ClN7O4S/c1-15(22(38-3)23-28-13-19(27)14-29-23)39(35,36)33-25-32-31-24(20-5-4-6-21(30-20)37-2)34(25)26-10-16-7-17(11-26)9-18(8-16)12-26/h4-6,13-18,22H,7-12H2,1-3H3,(H,32,33). The normalized spacial score (nSPS) is 27.3. The van der Waals surface area contributed by atoms with Gasteiger partial charge in [0.05, 0.1) is 17.7 Å². The number of hydrogen-bond donors (Lipinski definition) is 1. The fourth-order valence-electron chi connectivity index (χ4n) is 7.32. The zero-order chi connectivity index (χ0) is 27.4. The molecule has 3 aromatic heterocycles. The van der Waals surface area contributed by atoms with E-state index in [0.717, 1.165) is 19.3 Å². The van der Waals surface area contributed by atoms with Crippen LogP contribution in [0.4, 0.5) is 5.95 Å². The first-order valence-electron chi connectivity index (χ1n) is 13.2. The van der Waals surface area contributed by atoms with E-state index in [-0.39, 0.29) is 17.3 Å². The molecule has 3 aromatic rings. The number of rotatable bonds is 9. The maximum atomic E-state index is 13.8. The van der Waals surface area contributed by atoms with Gasteiger partial charge in [0.25, 0.3) is 0 Å². The number of anilines is 1. The number of halogens is 1. The molecule has 4 bridgehead atoms. The van der Waals surface area contributed by atoms with Crippen molar-refractivity contribution in [2.24, 2.45) is 17.8 Å². The highest BCUT2D eigenvalue weighted by molar-refractivity contribution is 7.93. The SMILES string of the molecule is COc1cccc(-c2nnc(NS(=O)(=O)C(C)C(OC)c3ncc(Cl)cn3)n2C23CC4CC(CC(C4)C2)C3)n1. The van der Waals surface area contributed by atoms with Crippen LogP contribution in [-0.2, 0) is 20.3 Å². The molecule has 4 aliphatic rings. The van der Waals surface area contributed by atoms with E-state index in [2.05, 4.69) is 29.9 Å². The van der Waals surface area contributed by atoms with E-state index in [1.807, 2.05) is 16.7 Å². The topological polar surface area (TPSA) is 134 Å². The maximum absolute atomic E-state index is 13.8. The minimum Gasteiger partial charge on any atom is -0.481 e. The number of nitrogens with one attached hydrogen (secondary N) is 1. The Morgan fingerprint density at radius 1 is 1.05 bits per heavy atom. The largest absolute Gasteiger partial charge is 0.481 e. The third kappa shape index (κ3) is 4.76. The lowest BCUT2D eigenvalue weighted by molar-refractivity contribution is -0.0413. The lowest BCUT2D eigenvalue weighted by atomic mass is 9.53. The van der Waals surface area contributed by atoms with Crippen molar-refractivity contribution >= 4 is 27.6 Å². The molecule has 2 atom stereocenters. The quantitative estimate of drug-likeness (QED) is 0.399. The van der Waals surface area contributed by atoms with Gasteiger partial charge in [0.15, 0.2) is 11.6 Å². The average molecular weight is 574 g/mol. The lowest BCUT2D eigenvalue weighted by Crippen LogP contribution is -2.52. The number of pyridine rings is 1. The van der Waals surface area contributed by atoms with Gasteiger partial charge >= 0.3 is 0 Å². The summed E-state index contributed by atoms with van der Waals surface area (Å²) in [6, 6.07) is 5.47. The minimum atomic E-state index is -4.01. The predicted octanol–water partition coefficient (Wildman–Crippen LogP) is 4.24. The van der Waals surface area contributed by atoms with Crippen LogP contribution in [0.15, 0.2) is 30.6 Å². The first-order chi connectivity index (χ1) is 18.7. The minimum absolute atomic E-state index is 0.190. The molecule has 7 rings (SSSR count). The summed E-state index contributed by atoms with van der Waals surface area (Å²) >= 11 is 5.93. The lowest BCUT2D eigenvalue weighted by Gasteiger charge is -2.57. The third-order valence-electron chi connectivity index (χ3n) is 8.60. The zero-order valence-electron chi connectivity index (χ0n) is 22.1. The second kappa shape index (κ2) is 9.97. The Morgan fingerprint density at radius 2 is 1.69 bits per heavy atom. The molecule has 0 saturated heterocycles. The van der Waals surface area contributed by atoms with Gasteiger partial charge in [0, 0.05) is 25.6 Å². The molecule has 2 unspecified atom stereocenters. The Bertz CT molecular complexity index is 1430. The molecular formula is C26H32ClN7O4S. The molecule has 0 aromatic carbocycles. The second-order valence-corrected chi connectivity index (χ2v) is 13.6. The highest BCUT2D eigenvalue weighted by Crippen LogP contribution is 2.60. The number of sulfonamides is 1. The van der Waals surface area contributed by atoms with Crippen LogP contribution < -0.4 is 9.46 Å². The van der Waals surface area contributed by atoms with Crippen molar-refractivity contribution in [3.05, 3.63) is 41.4 Å². The highest BCUT2D eigenvalue weighted by atomic mass is 35.5. The molecule has 39 heavy (non-hydrogen) atoms. The van der Waals surface area contributed by atoms with Crippen LogP contribution in [0.3, 0.4) is 0 Å². The van der Waals surface area contributed by atoms with Crippen LogP contribution in [0, 0.1) is 17.8 Å². The summed E-state index contributed by atoms with van der Waals surface area (Å²) in [6.45, 7) is 1.56. The number of hydrogen-bond acceptors (Lipinski definition) is 9. The molecule has 13 heteroatoms. The molecule has 4 saturated carbocycles. The van der Waals surface area contributed by atoms with Gasteiger partial charge in [0.2, 0.25) is 21.9 Å². The Balaban J connectivity index is 1.40. The molecule has 0 aliphatic heterocycles. The van der Waals surface area contributed by atoms with Crippen molar-refractivity contribution in [2.75, 3.05) is 18.9 Å². The van der Waals surface area contributed by atoms with Gasteiger partial charge in [-0.2, -0.15) is 0 Å². The third-order valence-corrected chi connectivity index (χ3v) is 10.5. The molecule has 11 nitrogen and oxygen atoms in total. The monoisotopic (exact) mass is 573 g/mol. The average Bonchev–Trinajstić information content (AvgIpc) is 3.33. The molecule has 4 aliphatic carbocycles. The summed E-state index contributed by atoms with van der Waals surface area (Å²) < 4.78 is 43.2. The molecule has 0 amide bonds. The van der Waals surface area contributed by atoms with E-state index in [4.69, 9.17) is 21.1 Å². The van der Waals surface area contributed by atoms with E-state index in [9.17, 15) is 8.42 Å². The van der Waals surface area contributed by atoms with E-state index in [1.54, 1.807) is 20.1 Å². The van der Waals surface area contributed by atoms with E-state index < -0.39 is 21.4 Å². The van der Waals surface area contributed by atoms with Crippen LogP contribution in [0.25, 0.3) is 11.5 Å². The van der Waals surface area contributed by atoms with E-state index >= 15 is 0 Å². The van der Waals surface area contributed by atoms with Gasteiger partial charge < -0.3 is 9.47 Å². The van der Waals surface area contributed by atoms with Crippen molar-refractivity contribution < 1.29 is 17.9 Å². The molecule has 4 fully saturated rings. The van der Waals surface area contributed by atoms with E-state index in [0.29, 0.717) is 40.2 Å². The summed E-state index contributed by atoms with van der Waals surface area (Å²) in [5.41, 5.74) is 0.305. The van der Waals surface area contributed by atoms with Crippen LogP contribution in [0.2, 0.25) is 5.02 Å². The van der Waals surface area contributed by atoms with Gasteiger partial charge in [-0.3, -0.25) is 9.29 Å².